The van der Waals surface area contributed by atoms with Crippen molar-refractivity contribution in [2.24, 2.45) is 5.92 Å². The molecule has 1 aliphatic heterocycles. The number of carbonyl (C=O) groups is 1. The Morgan fingerprint density at radius 3 is 2.43 bits per heavy atom. The lowest BCUT2D eigenvalue weighted by Gasteiger charge is -2.31. The van der Waals surface area contributed by atoms with Crippen molar-refractivity contribution in [1.82, 2.24) is 14.6 Å². The molecule has 152 valence electrons. The highest BCUT2D eigenvalue weighted by molar-refractivity contribution is 7.88. The van der Waals surface area contributed by atoms with Gasteiger partial charge in [-0.15, -0.1) is 0 Å². The summed E-state index contributed by atoms with van der Waals surface area (Å²) in [5, 5.41) is 0. The lowest BCUT2D eigenvalue weighted by molar-refractivity contribution is 0.0657. The molecule has 1 aliphatic rings. The van der Waals surface area contributed by atoms with Gasteiger partial charge in [0.05, 0.1) is 11.9 Å². The van der Waals surface area contributed by atoms with Crippen LogP contribution in [0.4, 0.5) is 0 Å². The number of hydrogen-bond donors (Lipinski definition) is 1. The number of amides is 1. The Morgan fingerprint density at radius 1 is 1.21 bits per heavy atom. The topological polar surface area (TPSA) is 92.5 Å². The first-order valence-electron chi connectivity index (χ1n) is 9.53. The number of nitrogens with one attached hydrogen (secondary N) is 1. The fraction of sp³-hybridized carbons (Fsp3) is 0.500. The van der Waals surface area contributed by atoms with Crippen LogP contribution in [0.2, 0.25) is 0 Å². The second-order valence-corrected chi connectivity index (χ2v) is 9.27. The summed E-state index contributed by atoms with van der Waals surface area (Å²) in [4.78, 5) is 18.3. The molecule has 1 saturated heterocycles. The largest absolute Gasteiger partial charge is 0.438 e. The molecule has 3 rings (SSSR count). The number of benzene rings is 1. The summed E-state index contributed by atoms with van der Waals surface area (Å²) < 4.78 is 29.9. The van der Waals surface area contributed by atoms with Crippen molar-refractivity contribution in [2.45, 2.75) is 32.6 Å². The number of aryl methyl sites for hydroxylation is 1. The zero-order valence-electron chi connectivity index (χ0n) is 16.3. The zero-order valence-corrected chi connectivity index (χ0v) is 17.2. The van der Waals surface area contributed by atoms with Crippen LogP contribution in [-0.2, 0) is 22.9 Å². The van der Waals surface area contributed by atoms with Crippen LogP contribution in [0.5, 0.6) is 0 Å². The van der Waals surface area contributed by atoms with Crippen LogP contribution in [0.25, 0.3) is 0 Å². The van der Waals surface area contributed by atoms with Crippen LogP contribution < -0.4 is 4.72 Å². The first-order chi connectivity index (χ1) is 13.3. The van der Waals surface area contributed by atoms with Crippen molar-refractivity contribution in [1.29, 1.82) is 0 Å². The average Bonchev–Trinajstić information content (AvgIpc) is 3.08. The molecule has 1 amide bonds. The molecule has 2 aromatic rings. The highest BCUT2D eigenvalue weighted by Gasteiger charge is 2.26. The van der Waals surface area contributed by atoms with Crippen molar-refractivity contribution in [3.63, 3.8) is 0 Å². The van der Waals surface area contributed by atoms with E-state index in [1.807, 2.05) is 4.90 Å². The van der Waals surface area contributed by atoms with Gasteiger partial charge in [-0.05, 0) is 49.7 Å². The van der Waals surface area contributed by atoms with Crippen molar-refractivity contribution in [2.75, 3.05) is 25.9 Å². The highest BCUT2D eigenvalue weighted by Crippen LogP contribution is 2.23. The number of nitrogens with zero attached hydrogens (tertiary/aromatic N) is 2. The Labute approximate surface area is 166 Å². The molecule has 7 nitrogen and oxygen atoms in total. The SMILES string of the molecule is Cc1ncoc1C(=O)N1CCC(Cc2ccc(CCNS(C)(=O)=O)cc2)CC1. The second-order valence-electron chi connectivity index (χ2n) is 7.44. The number of likely N-dealkylation sites (tertiary alicyclic amines) is 1. The van der Waals surface area contributed by atoms with Crippen molar-refractivity contribution < 1.29 is 17.6 Å². The molecule has 0 bridgehead atoms. The summed E-state index contributed by atoms with van der Waals surface area (Å²) in [6.45, 7) is 3.66. The first kappa shape index (κ1) is 20.5. The van der Waals surface area contributed by atoms with Gasteiger partial charge in [0.2, 0.25) is 15.8 Å². The summed E-state index contributed by atoms with van der Waals surface area (Å²) in [7, 11) is -3.14. The Morgan fingerprint density at radius 2 is 1.86 bits per heavy atom. The first-order valence-corrected chi connectivity index (χ1v) is 11.4. The number of carbonyl (C=O) groups excluding carboxylic acids is 1. The van der Waals surface area contributed by atoms with Gasteiger partial charge in [0.25, 0.3) is 5.91 Å². The standard InChI is InChI=1S/C20H27N3O4S/c1-15-19(27-14-21-15)20(24)23-11-8-18(9-12-23)13-17-5-3-16(4-6-17)7-10-22-28(2,25)26/h3-6,14,18,22H,7-13H2,1-2H3. The maximum Gasteiger partial charge on any atom is 0.291 e. The molecule has 2 heterocycles. The Bertz CT molecular complexity index is 898. The minimum absolute atomic E-state index is 0.0690. The molecule has 0 unspecified atom stereocenters. The van der Waals surface area contributed by atoms with Crippen LogP contribution in [0.1, 0.15) is 40.2 Å². The van der Waals surface area contributed by atoms with Crippen molar-refractivity contribution >= 4 is 15.9 Å². The van der Waals surface area contributed by atoms with Gasteiger partial charge >= 0.3 is 0 Å². The monoisotopic (exact) mass is 405 g/mol. The molecule has 1 fully saturated rings. The summed E-state index contributed by atoms with van der Waals surface area (Å²) in [5.41, 5.74) is 3.03. The van der Waals surface area contributed by atoms with E-state index in [2.05, 4.69) is 34.0 Å². The van der Waals surface area contributed by atoms with E-state index < -0.39 is 10.0 Å². The highest BCUT2D eigenvalue weighted by atomic mass is 32.2. The number of piperidine rings is 1. The Hall–Kier alpha value is -2.19. The van der Waals surface area contributed by atoms with E-state index in [-0.39, 0.29) is 5.91 Å². The van der Waals surface area contributed by atoms with E-state index in [1.165, 1.54) is 18.2 Å². The molecule has 0 spiro atoms. The van der Waals surface area contributed by atoms with Crippen LogP contribution in [-0.4, -0.2) is 50.1 Å². The molecule has 1 aromatic heterocycles. The quantitative estimate of drug-likeness (QED) is 0.762. The van der Waals surface area contributed by atoms with Gasteiger partial charge < -0.3 is 9.32 Å². The van der Waals surface area contributed by atoms with E-state index in [9.17, 15) is 13.2 Å². The summed E-state index contributed by atoms with van der Waals surface area (Å²) in [5.74, 6) is 0.831. The zero-order chi connectivity index (χ0) is 20.1. The predicted octanol–water partition coefficient (Wildman–Crippen LogP) is 2.17. The van der Waals surface area contributed by atoms with Gasteiger partial charge in [-0.2, -0.15) is 0 Å². The van der Waals surface area contributed by atoms with Crippen molar-refractivity contribution in [3.8, 4) is 0 Å². The molecule has 28 heavy (non-hydrogen) atoms. The predicted molar refractivity (Wildman–Crippen MR) is 107 cm³/mol. The van der Waals surface area contributed by atoms with Gasteiger partial charge in [-0.3, -0.25) is 4.79 Å². The number of oxazole rings is 1. The fourth-order valence-electron chi connectivity index (χ4n) is 3.55. The lowest BCUT2D eigenvalue weighted by Crippen LogP contribution is -2.39. The van der Waals surface area contributed by atoms with E-state index >= 15 is 0 Å². The Balaban J connectivity index is 1.45. The molecule has 0 radical (unpaired) electrons. The molecule has 1 aromatic carbocycles. The number of sulfonamides is 1. The van der Waals surface area contributed by atoms with Crippen LogP contribution in [0.15, 0.2) is 35.1 Å². The van der Waals surface area contributed by atoms with Gasteiger partial charge in [-0.25, -0.2) is 18.1 Å². The smallest absolute Gasteiger partial charge is 0.291 e. The van der Waals surface area contributed by atoms with Crippen LogP contribution >= 0.6 is 0 Å². The minimum atomic E-state index is -3.14. The van der Waals surface area contributed by atoms with Crippen LogP contribution in [0.3, 0.4) is 0 Å². The normalized spacial score (nSPS) is 15.7. The second kappa shape index (κ2) is 8.87. The Kier molecular flexibility index (Phi) is 6.51. The summed E-state index contributed by atoms with van der Waals surface area (Å²) >= 11 is 0. The third-order valence-corrected chi connectivity index (χ3v) is 5.90. The lowest BCUT2D eigenvalue weighted by atomic mass is 9.89. The van der Waals surface area contributed by atoms with E-state index in [4.69, 9.17) is 4.42 Å². The van der Waals surface area contributed by atoms with E-state index in [1.54, 1.807) is 6.92 Å². The fourth-order valence-corrected chi connectivity index (χ4v) is 4.02. The van der Waals surface area contributed by atoms with Gasteiger partial charge in [0, 0.05) is 19.6 Å². The van der Waals surface area contributed by atoms with Crippen LogP contribution in [0, 0.1) is 12.8 Å². The average molecular weight is 406 g/mol. The molecule has 0 atom stereocenters. The van der Waals surface area contributed by atoms with Gasteiger partial charge in [0.1, 0.15) is 0 Å². The van der Waals surface area contributed by atoms with Gasteiger partial charge in [-0.1, -0.05) is 24.3 Å². The molecule has 0 aliphatic carbocycles. The minimum Gasteiger partial charge on any atom is -0.438 e. The molecule has 0 saturated carbocycles. The molecule has 8 heteroatoms. The number of rotatable bonds is 7. The van der Waals surface area contributed by atoms with Gasteiger partial charge in [0.15, 0.2) is 6.39 Å². The molecular formula is C20H27N3O4S. The summed E-state index contributed by atoms with van der Waals surface area (Å²) in [6.07, 6.45) is 6.09. The number of hydrogen-bond acceptors (Lipinski definition) is 5. The van der Waals surface area contributed by atoms with E-state index in [0.29, 0.717) is 30.3 Å². The third kappa shape index (κ3) is 5.65. The molecule has 1 N–H and O–H groups in total. The maximum absolute atomic E-state index is 12.5. The maximum atomic E-state index is 12.5. The van der Waals surface area contributed by atoms with Crippen molar-refractivity contribution in [3.05, 3.63) is 53.2 Å². The molecular weight excluding hydrogens is 378 g/mol. The summed E-state index contributed by atoms with van der Waals surface area (Å²) in [6, 6.07) is 8.35. The third-order valence-electron chi connectivity index (χ3n) is 5.17. The van der Waals surface area contributed by atoms with E-state index in [0.717, 1.165) is 37.9 Å². The number of aromatic nitrogens is 1.